The van der Waals surface area contributed by atoms with E-state index in [2.05, 4.69) is 10.4 Å². The van der Waals surface area contributed by atoms with Crippen LogP contribution >= 0.6 is 0 Å². The molecule has 2 aromatic carbocycles. The van der Waals surface area contributed by atoms with Crippen molar-refractivity contribution in [1.29, 1.82) is 0 Å². The first-order valence-corrected chi connectivity index (χ1v) is 11.9. The maximum atomic E-state index is 12.9. The Morgan fingerprint density at radius 2 is 1.61 bits per heavy atom. The Hall–Kier alpha value is -2.97. The average molecular weight is 439 g/mol. The fourth-order valence-corrected chi connectivity index (χ4v) is 5.20. The summed E-state index contributed by atoms with van der Waals surface area (Å²) in [6, 6.07) is 15.6. The van der Waals surface area contributed by atoms with Crippen molar-refractivity contribution in [2.75, 3.05) is 18.4 Å². The van der Waals surface area contributed by atoms with Crippen LogP contribution in [0.1, 0.15) is 41.6 Å². The van der Waals surface area contributed by atoms with Gasteiger partial charge in [-0.2, -0.15) is 9.40 Å². The van der Waals surface area contributed by atoms with Crippen LogP contribution in [0.2, 0.25) is 0 Å². The van der Waals surface area contributed by atoms with Crippen molar-refractivity contribution < 1.29 is 13.2 Å². The quantitative estimate of drug-likeness (QED) is 0.635. The summed E-state index contributed by atoms with van der Waals surface area (Å²) in [6.07, 6.45) is 7.55. The number of carbonyl (C=O) groups excluding carboxylic acids is 1. The van der Waals surface area contributed by atoms with Gasteiger partial charge in [0.15, 0.2) is 0 Å². The lowest BCUT2D eigenvalue weighted by atomic mass is 10.1. The molecule has 2 heterocycles. The first-order chi connectivity index (χ1) is 15.0. The third kappa shape index (κ3) is 5.21. The summed E-state index contributed by atoms with van der Waals surface area (Å²) in [6.45, 7) is 1.77. The Morgan fingerprint density at radius 1 is 0.935 bits per heavy atom. The van der Waals surface area contributed by atoms with Crippen molar-refractivity contribution in [2.24, 2.45) is 0 Å². The molecule has 1 aromatic heterocycles. The highest BCUT2D eigenvalue weighted by Gasteiger charge is 2.25. The van der Waals surface area contributed by atoms with Crippen molar-refractivity contribution >= 4 is 21.6 Å². The Bertz CT molecular complexity index is 1100. The van der Waals surface area contributed by atoms with E-state index in [1.54, 1.807) is 46.9 Å². The monoisotopic (exact) mass is 438 g/mol. The van der Waals surface area contributed by atoms with E-state index in [0.29, 0.717) is 30.9 Å². The van der Waals surface area contributed by atoms with Crippen molar-refractivity contribution in [2.45, 2.75) is 37.1 Å². The maximum Gasteiger partial charge on any atom is 0.255 e. The molecule has 1 fully saturated rings. The minimum absolute atomic E-state index is 0.242. The van der Waals surface area contributed by atoms with Crippen LogP contribution in [-0.4, -0.2) is 41.5 Å². The fraction of sp³-hybridized carbons (Fsp3) is 0.304. The summed E-state index contributed by atoms with van der Waals surface area (Å²) >= 11 is 0. The molecule has 1 saturated heterocycles. The molecule has 3 aromatic rings. The van der Waals surface area contributed by atoms with Crippen LogP contribution in [0.15, 0.2) is 71.9 Å². The first-order valence-electron chi connectivity index (χ1n) is 10.5. The first kappa shape index (κ1) is 21.3. The minimum atomic E-state index is -3.50. The van der Waals surface area contributed by atoms with Crippen LogP contribution < -0.4 is 5.32 Å². The Balaban J connectivity index is 1.39. The summed E-state index contributed by atoms with van der Waals surface area (Å²) in [4.78, 5) is 12.8. The molecule has 1 aliphatic rings. The second-order valence-electron chi connectivity index (χ2n) is 7.70. The van der Waals surface area contributed by atoms with Crippen molar-refractivity contribution in [3.05, 3.63) is 78.1 Å². The zero-order valence-corrected chi connectivity index (χ0v) is 18.1. The lowest BCUT2D eigenvalue weighted by Crippen LogP contribution is -2.31. The Kier molecular flexibility index (Phi) is 6.48. The molecule has 0 saturated carbocycles. The van der Waals surface area contributed by atoms with E-state index in [0.717, 1.165) is 31.2 Å². The summed E-state index contributed by atoms with van der Waals surface area (Å²) in [5.74, 6) is -0.242. The third-order valence-electron chi connectivity index (χ3n) is 5.43. The molecule has 0 unspecified atom stereocenters. The van der Waals surface area contributed by atoms with E-state index in [4.69, 9.17) is 0 Å². The smallest absolute Gasteiger partial charge is 0.255 e. The molecule has 0 aliphatic carbocycles. The number of nitrogens with zero attached hydrogens (tertiary/aromatic N) is 3. The number of sulfonamides is 1. The maximum absolute atomic E-state index is 12.9. The van der Waals surface area contributed by atoms with E-state index in [1.165, 1.54) is 0 Å². The van der Waals surface area contributed by atoms with Gasteiger partial charge in [0.2, 0.25) is 10.0 Å². The van der Waals surface area contributed by atoms with Gasteiger partial charge in [-0.15, -0.1) is 0 Å². The van der Waals surface area contributed by atoms with Crippen molar-refractivity contribution in [1.82, 2.24) is 14.1 Å². The number of benzene rings is 2. The summed E-state index contributed by atoms with van der Waals surface area (Å²) in [5, 5.41) is 7.00. The SMILES string of the molecule is O=C(Nc1ccc(S(=O)(=O)N2CCCCCC2)cc1)c1ccc(Cn2cccn2)cc1. The topological polar surface area (TPSA) is 84.3 Å². The molecule has 0 bridgehead atoms. The van der Waals surface area contributed by atoms with Gasteiger partial charge in [-0.25, -0.2) is 8.42 Å². The van der Waals surface area contributed by atoms with E-state index in [-0.39, 0.29) is 10.8 Å². The van der Waals surface area contributed by atoms with E-state index >= 15 is 0 Å². The molecule has 7 nitrogen and oxygen atoms in total. The van der Waals surface area contributed by atoms with Crippen LogP contribution in [0.25, 0.3) is 0 Å². The molecule has 1 N–H and O–H groups in total. The molecule has 162 valence electrons. The molecular formula is C23H26N4O3S. The van der Waals surface area contributed by atoms with Crippen LogP contribution in [0.3, 0.4) is 0 Å². The van der Waals surface area contributed by atoms with Gasteiger partial charge in [0.25, 0.3) is 5.91 Å². The number of anilines is 1. The number of nitrogens with one attached hydrogen (secondary N) is 1. The number of hydrogen-bond acceptors (Lipinski definition) is 4. The molecule has 1 amide bonds. The van der Waals surface area contributed by atoms with E-state index < -0.39 is 10.0 Å². The fourth-order valence-electron chi connectivity index (χ4n) is 3.69. The zero-order chi connectivity index (χ0) is 21.7. The molecule has 8 heteroatoms. The summed E-state index contributed by atoms with van der Waals surface area (Å²) < 4.78 is 29.1. The van der Waals surface area contributed by atoms with Crippen molar-refractivity contribution in [3.63, 3.8) is 0 Å². The predicted octanol–water partition coefficient (Wildman–Crippen LogP) is 3.75. The van der Waals surface area contributed by atoms with Crippen molar-refractivity contribution in [3.8, 4) is 0 Å². The third-order valence-corrected chi connectivity index (χ3v) is 7.35. The van der Waals surface area contributed by atoms with Crippen LogP contribution in [0.5, 0.6) is 0 Å². The molecule has 0 atom stereocenters. The Labute approximate surface area is 182 Å². The van der Waals surface area contributed by atoms with Gasteiger partial charge in [-0.05, 0) is 60.9 Å². The molecule has 0 radical (unpaired) electrons. The average Bonchev–Trinajstić information content (AvgIpc) is 3.12. The molecule has 0 spiro atoms. The minimum Gasteiger partial charge on any atom is -0.322 e. The lowest BCUT2D eigenvalue weighted by Gasteiger charge is -2.20. The van der Waals surface area contributed by atoms with Crippen LogP contribution in [0, 0.1) is 0 Å². The highest BCUT2D eigenvalue weighted by molar-refractivity contribution is 7.89. The van der Waals surface area contributed by atoms with Gasteiger partial charge in [-0.3, -0.25) is 9.48 Å². The van der Waals surface area contributed by atoms with Gasteiger partial charge >= 0.3 is 0 Å². The standard InChI is InChI=1S/C23H26N4O3S/c28-23(20-8-6-19(7-9-20)18-26-15-5-14-24-26)25-21-10-12-22(13-11-21)31(29,30)27-16-3-1-2-4-17-27/h5-15H,1-4,16-18H2,(H,25,28). The number of hydrogen-bond donors (Lipinski definition) is 1. The van der Waals surface area contributed by atoms with Crippen LogP contribution in [0.4, 0.5) is 5.69 Å². The highest BCUT2D eigenvalue weighted by atomic mass is 32.2. The molecule has 4 rings (SSSR count). The second-order valence-corrected chi connectivity index (χ2v) is 9.64. The number of carbonyl (C=O) groups is 1. The van der Waals surface area contributed by atoms with Gasteiger partial charge in [0.05, 0.1) is 11.4 Å². The van der Waals surface area contributed by atoms with E-state index in [1.807, 2.05) is 29.1 Å². The number of aromatic nitrogens is 2. The highest BCUT2D eigenvalue weighted by Crippen LogP contribution is 2.22. The normalized spacial score (nSPS) is 15.4. The predicted molar refractivity (Wildman–Crippen MR) is 119 cm³/mol. The summed E-state index contributed by atoms with van der Waals surface area (Å²) in [5.41, 5.74) is 2.13. The van der Waals surface area contributed by atoms with Gasteiger partial charge in [0.1, 0.15) is 0 Å². The molecule has 1 aliphatic heterocycles. The number of amides is 1. The molecule has 31 heavy (non-hydrogen) atoms. The van der Waals surface area contributed by atoms with E-state index in [9.17, 15) is 13.2 Å². The summed E-state index contributed by atoms with van der Waals surface area (Å²) in [7, 11) is -3.50. The second kappa shape index (κ2) is 9.45. The molecular weight excluding hydrogens is 412 g/mol. The van der Waals surface area contributed by atoms with Gasteiger partial charge in [-0.1, -0.05) is 25.0 Å². The van der Waals surface area contributed by atoms with Crippen LogP contribution in [-0.2, 0) is 16.6 Å². The van der Waals surface area contributed by atoms with Gasteiger partial charge < -0.3 is 5.32 Å². The lowest BCUT2D eigenvalue weighted by molar-refractivity contribution is 0.102. The largest absolute Gasteiger partial charge is 0.322 e. The number of rotatable bonds is 6. The zero-order valence-electron chi connectivity index (χ0n) is 17.3. The Morgan fingerprint density at radius 3 is 2.23 bits per heavy atom. The van der Waals surface area contributed by atoms with Gasteiger partial charge in [0, 0.05) is 36.7 Å².